The van der Waals surface area contributed by atoms with Crippen molar-refractivity contribution in [2.45, 2.75) is 51.2 Å². The Morgan fingerprint density at radius 2 is 2.10 bits per heavy atom. The van der Waals surface area contributed by atoms with E-state index in [1.165, 1.54) is 25.7 Å². The molecule has 2 fully saturated rings. The Balaban J connectivity index is 1.59. The van der Waals surface area contributed by atoms with Crippen molar-refractivity contribution in [1.82, 2.24) is 4.90 Å². The van der Waals surface area contributed by atoms with E-state index < -0.39 is 0 Å². The lowest BCUT2D eigenvalue weighted by atomic mass is 9.90. The highest BCUT2D eigenvalue weighted by molar-refractivity contribution is 5.97. The summed E-state index contributed by atoms with van der Waals surface area (Å²) in [5.41, 5.74) is 1.96. The molecule has 1 aliphatic heterocycles. The number of aryl methyl sites for hydroxylation is 1. The molecular formula is C18H25NO2. The lowest BCUT2D eigenvalue weighted by molar-refractivity contribution is -0.0874. The molecule has 2 aliphatic rings. The predicted octanol–water partition coefficient (Wildman–Crippen LogP) is 3.21. The van der Waals surface area contributed by atoms with E-state index in [9.17, 15) is 4.79 Å². The number of morpholine rings is 1. The second-order valence-corrected chi connectivity index (χ2v) is 6.29. The molecule has 1 heterocycles. The minimum Gasteiger partial charge on any atom is -0.375 e. The van der Waals surface area contributed by atoms with Gasteiger partial charge in [0.15, 0.2) is 5.78 Å². The molecule has 1 aromatic carbocycles. The Labute approximate surface area is 127 Å². The van der Waals surface area contributed by atoms with Crippen LogP contribution in [0.25, 0.3) is 0 Å². The summed E-state index contributed by atoms with van der Waals surface area (Å²) in [6, 6.07) is 8.43. The van der Waals surface area contributed by atoms with Crippen LogP contribution in [-0.4, -0.2) is 42.5 Å². The van der Waals surface area contributed by atoms with E-state index in [-0.39, 0.29) is 5.78 Å². The zero-order valence-corrected chi connectivity index (χ0v) is 12.9. The van der Waals surface area contributed by atoms with Crippen molar-refractivity contribution in [2.24, 2.45) is 0 Å². The Morgan fingerprint density at radius 3 is 2.95 bits per heavy atom. The minimum atomic E-state index is 0.270. The molecule has 3 nitrogen and oxygen atoms in total. The summed E-state index contributed by atoms with van der Waals surface area (Å²) in [7, 11) is 0. The van der Waals surface area contributed by atoms with Gasteiger partial charge < -0.3 is 4.74 Å². The number of ether oxygens (including phenoxy) is 1. The SMILES string of the molecule is Cc1ccccc1C(=O)CCN1CCOC2CCCCC21. The number of carbonyl (C=O) groups excluding carboxylic acids is 1. The molecule has 21 heavy (non-hydrogen) atoms. The van der Waals surface area contributed by atoms with Crippen molar-refractivity contribution in [3.63, 3.8) is 0 Å². The number of Topliss-reactive ketones (excluding diaryl/α,β-unsaturated/α-hetero) is 1. The number of rotatable bonds is 4. The Morgan fingerprint density at radius 1 is 1.29 bits per heavy atom. The number of fused-ring (bicyclic) bond motifs is 1. The van der Waals surface area contributed by atoms with E-state index >= 15 is 0 Å². The Kier molecular flexibility index (Phi) is 4.71. The molecule has 1 saturated heterocycles. The molecule has 3 heteroatoms. The van der Waals surface area contributed by atoms with Gasteiger partial charge in [-0.2, -0.15) is 0 Å². The van der Waals surface area contributed by atoms with Crippen LogP contribution in [0.5, 0.6) is 0 Å². The van der Waals surface area contributed by atoms with Crippen molar-refractivity contribution < 1.29 is 9.53 Å². The van der Waals surface area contributed by atoms with Crippen molar-refractivity contribution in [3.05, 3.63) is 35.4 Å². The van der Waals surface area contributed by atoms with Crippen LogP contribution in [-0.2, 0) is 4.74 Å². The molecule has 0 radical (unpaired) electrons. The quantitative estimate of drug-likeness (QED) is 0.796. The van der Waals surface area contributed by atoms with E-state index in [1.807, 2.05) is 31.2 Å². The molecule has 114 valence electrons. The molecule has 1 saturated carbocycles. The van der Waals surface area contributed by atoms with Crippen molar-refractivity contribution in [2.75, 3.05) is 19.7 Å². The first-order valence-corrected chi connectivity index (χ1v) is 8.20. The monoisotopic (exact) mass is 287 g/mol. The maximum absolute atomic E-state index is 12.4. The van der Waals surface area contributed by atoms with E-state index in [1.54, 1.807) is 0 Å². The van der Waals surface area contributed by atoms with Gasteiger partial charge in [-0.3, -0.25) is 9.69 Å². The van der Waals surface area contributed by atoms with E-state index in [0.29, 0.717) is 18.6 Å². The zero-order valence-electron chi connectivity index (χ0n) is 12.9. The van der Waals surface area contributed by atoms with E-state index in [4.69, 9.17) is 4.74 Å². The summed E-state index contributed by atoms with van der Waals surface area (Å²) in [5, 5.41) is 0. The topological polar surface area (TPSA) is 29.5 Å². The van der Waals surface area contributed by atoms with Gasteiger partial charge in [0.2, 0.25) is 0 Å². The Hall–Kier alpha value is -1.19. The molecular weight excluding hydrogens is 262 g/mol. The van der Waals surface area contributed by atoms with Gasteiger partial charge in [-0.05, 0) is 25.3 Å². The number of benzene rings is 1. The van der Waals surface area contributed by atoms with Crippen molar-refractivity contribution >= 4 is 5.78 Å². The molecule has 0 N–H and O–H groups in total. The summed E-state index contributed by atoms with van der Waals surface area (Å²) in [5.74, 6) is 0.270. The largest absolute Gasteiger partial charge is 0.375 e. The zero-order chi connectivity index (χ0) is 14.7. The van der Waals surface area contributed by atoms with Crippen LogP contribution in [0.2, 0.25) is 0 Å². The lowest BCUT2D eigenvalue weighted by Crippen LogP contribution is -2.53. The molecule has 3 rings (SSSR count). The van der Waals surface area contributed by atoms with Crippen LogP contribution in [0.4, 0.5) is 0 Å². The first-order valence-electron chi connectivity index (χ1n) is 8.20. The average Bonchev–Trinajstić information content (AvgIpc) is 2.53. The van der Waals surface area contributed by atoms with Gasteiger partial charge in [0.1, 0.15) is 0 Å². The van der Waals surface area contributed by atoms with Gasteiger partial charge in [0.25, 0.3) is 0 Å². The molecule has 0 spiro atoms. The summed E-state index contributed by atoms with van der Waals surface area (Å²) >= 11 is 0. The summed E-state index contributed by atoms with van der Waals surface area (Å²) in [6.45, 7) is 4.68. The van der Waals surface area contributed by atoms with Gasteiger partial charge in [-0.1, -0.05) is 37.1 Å². The molecule has 2 unspecified atom stereocenters. The molecule has 0 amide bonds. The van der Waals surface area contributed by atoms with Gasteiger partial charge in [0.05, 0.1) is 12.7 Å². The van der Waals surface area contributed by atoms with Crippen molar-refractivity contribution in [3.8, 4) is 0 Å². The normalized spacial score (nSPS) is 26.3. The van der Waals surface area contributed by atoms with E-state index in [2.05, 4.69) is 4.90 Å². The van der Waals surface area contributed by atoms with Crippen LogP contribution in [0, 0.1) is 6.92 Å². The number of ketones is 1. The highest BCUT2D eigenvalue weighted by Gasteiger charge is 2.33. The highest BCUT2D eigenvalue weighted by atomic mass is 16.5. The van der Waals surface area contributed by atoms with Crippen LogP contribution >= 0.6 is 0 Å². The fourth-order valence-corrected chi connectivity index (χ4v) is 3.72. The maximum atomic E-state index is 12.4. The minimum absolute atomic E-state index is 0.270. The first-order chi connectivity index (χ1) is 10.3. The van der Waals surface area contributed by atoms with Crippen LogP contribution < -0.4 is 0 Å². The smallest absolute Gasteiger partial charge is 0.164 e. The number of hydrogen-bond acceptors (Lipinski definition) is 3. The van der Waals surface area contributed by atoms with Crippen LogP contribution in [0.3, 0.4) is 0 Å². The van der Waals surface area contributed by atoms with Crippen molar-refractivity contribution in [1.29, 1.82) is 0 Å². The number of nitrogens with zero attached hydrogens (tertiary/aromatic N) is 1. The fraction of sp³-hybridized carbons (Fsp3) is 0.611. The third kappa shape index (κ3) is 3.35. The summed E-state index contributed by atoms with van der Waals surface area (Å²) in [4.78, 5) is 14.9. The molecule has 2 atom stereocenters. The maximum Gasteiger partial charge on any atom is 0.164 e. The standard InChI is InChI=1S/C18H25NO2/c1-14-6-2-3-7-15(14)17(20)10-11-19-12-13-21-18-9-5-4-8-16(18)19/h2-3,6-7,16,18H,4-5,8-13H2,1H3. The van der Waals surface area contributed by atoms with Crippen LogP contribution in [0.15, 0.2) is 24.3 Å². The van der Waals surface area contributed by atoms with Gasteiger partial charge in [-0.15, -0.1) is 0 Å². The molecule has 1 aromatic rings. The summed E-state index contributed by atoms with van der Waals surface area (Å²) in [6.07, 6.45) is 6.02. The third-order valence-corrected chi connectivity index (χ3v) is 4.92. The third-order valence-electron chi connectivity index (χ3n) is 4.92. The number of carbonyl (C=O) groups is 1. The van der Waals surface area contributed by atoms with Crippen LogP contribution in [0.1, 0.15) is 48.0 Å². The Bertz CT molecular complexity index is 498. The molecule has 0 bridgehead atoms. The average molecular weight is 287 g/mol. The number of hydrogen-bond donors (Lipinski definition) is 0. The predicted molar refractivity (Wildman–Crippen MR) is 83.7 cm³/mol. The second kappa shape index (κ2) is 6.71. The summed E-state index contributed by atoms with van der Waals surface area (Å²) < 4.78 is 5.90. The second-order valence-electron chi connectivity index (χ2n) is 6.29. The fourth-order valence-electron chi connectivity index (χ4n) is 3.72. The lowest BCUT2D eigenvalue weighted by Gasteiger charge is -2.43. The van der Waals surface area contributed by atoms with Gasteiger partial charge in [0, 0.05) is 31.1 Å². The van der Waals surface area contributed by atoms with Gasteiger partial charge >= 0.3 is 0 Å². The van der Waals surface area contributed by atoms with E-state index in [0.717, 1.165) is 30.8 Å². The molecule has 1 aliphatic carbocycles. The highest BCUT2D eigenvalue weighted by Crippen LogP contribution is 2.28. The molecule has 0 aromatic heterocycles. The van der Waals surface area contributed by atoms with Gasteiger partial charge in [-0.25, -0.2) is 0 Å². The first kappa shape index (κ1) is 14.7.